The van der Waals surface area contributed by atoms with Crippen molar-refractivity contribution in [2.45, 2.75) is 133 Å². The Morgan fingerprint density at radius 3 is 0.857 bits per heavy atom. The van der Waals surface area contributed by atoms with Crippen LogP contribution in [0.4, 0.5) is 0 Å². The minimum atomic E-state index is -1.44. The molecule has 0 unspecified atom stereocenters. The molecule has 0 nitrogen and oxygen atoms in total. The van der Waals surface area contributed by atoms with Gasteiger partial charge in [0.1, 0.15) is 0 Å². The first-order valence-corrected chi connectivity index (χ1v) is 36.2. The van der Waals surface area contributed by atoms with Crippen LogP contribution in [0.3, 0.4) is 0 Å². The summed E-state index contributed by atoms with van der Waals surface area (Å²) in [5.74, 6) is 0. The number of rotatable bonds is 10. The molecule has 0 aliphatic heterocycles. The van der Waals surface area contributed by atoms with Gasteiger partial charge in [-0.3, -0.25) is 0 Å². The van der Waals surface area contributed by atoms with E-state index in [1.54, 1.807) is 22.2 Å². The van der Waals surface area contributed by atoms with Crippen molar-refractivity contribution in [1.82, 2.24) is 0 Å². The van der Waals surface area contributed by atoms with Crippen LogP contribution in [0.5, 0.6) is 0 Å². The molecule has 35 heavy (non-hydrogen) atoms. The van der Waals surface area contributed by atoms with Gasteiger partial charge in [-0.2, -0.15) is 0 Å². The zero-order valence-corrected chi connectivity index (χ0v) is 34.6. The molecule has 0 aliphatic rings. The molecule has 0 N–H and O–H groups in total. The molecule has 0 radical (unpaired) electrons. The van der Waals surface area contributed by atoms with Crippen LogP contribution in [0.2, 0.25) is 118 Å². The maximum atomic E-state index is 3.42. The molecule has 1 aromatic rings. The second-order valence-corrected chi connectivity index (χ2v) is 51.8. The molecule has 0 amide bonds. The first-order valence-electron chi connectivity index (χ1n) is 13.8. The van der Waals surface area contributed by atoms with Crippen molar-refractivity contribution in [3.8, 4) is 0 Å². The Morgan fingerprint density at radius 1 is 0.457 bits per heavy atom. The first kappa shape index (κ1) is 34.1. The Morgan fingerprint density at radius 2 is 0.686 bits per heavy atom. The van der Waals surface area contributed by atoms with Gasteiger partial charge in [0.15, 0.2) is 0 Å². The summed E-state index contributed by atoms with van der Waals surface area (Å²) in [6.45, 7) is 47.4. The number of hydrogen-bond acceptors (Lipinski definition) is 0. The van der Waals surface area contributed by atoms with Crippen LogP contribution in [0.1, 0.15) is 32.2 Å². The normalized spacial score (nSPS) is 14.8. The third kappa shape index (κ3) is 8.54. The Kier molecular flexibility index (Phi) is 10.7. The van der Waals surface area contributed by atoms with Crippen LogP contribution < -0.4 is 5.46 Å². The molecule has 1 aromatic carbocycles. The van der Waals surface area contributed by atoms with Crippen LogP contribution in [-0.4, -0.2) is 69.5 Å². The molecule has 0 bridgehead atoms. The van der Waals surface area contributed by atoms with Gasteiger partial charge in [0.05, 0.1) is 0 Å². The molecule has 0 saturated heterocycles. The van der Waals surface area contributed by atoms with Crippen molar-refractivity contribution in [2.24, 2.45) is 0 Å². The fourth-order valence-electron chi connectivity index (χ4n) is 8.27. The molecular weight excluding hydrogens is 583 g/mol. The molecule has 8 heteroatoms. The van der Waals surface area contributed by atoms with Crippen LogP contribution in [0.15, 0.2) is 12.1 Å². The summed E-state index contributed by atoms with van der Waals surface area (Å²) < 4.78 is 0. The fourth-order valence-corrected chi connectivity index (χ4v) is 47.0. The molecule has 0 heterocycles. The second-order valence-electron chi connectivity index (χ2n) is 17.7. The topological polar surface area (TPSA) is 0 Å². The van der Waals surface area contributed by atoms with Crippen molar-refractivity contribution in [3.63, 3.8) is 0 Å². The molecule has 200 valence electrons. The van der Waals surface area contributed by atoms with E-state index in [1.807, 2.05) is 0 Å². The van der Waals surface area contributed by atoms with Crippen molar-refractivity contribution in [1.29, 1.82) is 0 Å². The van der Waals surface area contributed by atoms with Crippen molar-refractivity contribution in [3.05, 3.63) is 28.8 Å². The first-order chi connectivity index (χ1) is 15.1. The van der Waals surface area contributed by atoms with Gasteiger partial charge in [-0.25, -0.2) is 0 Å². The third-order valence-electron chi connectivity index (χ3n) is 7.54. The average molecular weight is 642 g/mol. The third-order valence-corrected chi connectivity index (χ3v) is 35.9. The van der Waals surface area contributed by atoms with Gasteiger partial charge in [-0.1, -0.05) is 0 Å². The summed E-state index contributed by atoms with van der Waals surface area (Å²) in [5.41, 5.74) is 9.20. The average Bonchev–Trinajstić information content (AvgIpc) is 2.45. The second kappa shape index (κ2) is 10.9. The van der Waals surface area contributed by atoms with Crippen molar-refractivity contribution in [2.75, 3.05) is 0 Å². The summed E-state index contributed by atoms with van der Waals surface area (Å²) in [4.78, 5) is 0. The standard InChI is InChI=1S/C27H59BSeSi6/c1-30(2,3)25(31(4,5)6)21-19-22(26(32(7,8)9)33(10,11)12)24(28-29)23(20-21)27(34(13,14)15)35(16,17)18/h19-20,25-27H,1-18H3. The summed E-state index contributed by atoms with van der Waals surface area (Å²) in [7, 11) is -8.55. The van der Waals surface area contributed by atoms with Crippen LogP contribution >= 0.6 is 0 Å². The summed E-state index contributed by atoms with van der Waals surface area (Å²) in [6, 6.07) is 5.56. The van der Waals surface area contributed by atoms with E-state index in [2.05, 4.69) is 151 Å². The monoisotopic (exact) mass is 642 g/mol. The van der Waals surface area contributed by atoms with Crippen molar-refractivity contribution < 1.29 is 0 Å². The van der Waals surface area contributed by atoms with E-state index < -0.39 is 48.4 Å². The van der Waals surface area contributed by atoms with E-state index in [4.69, 9.17) is 0 Å². The fraction of sp³-hybridized carbons (Fsp3) is 0.778. The molecule has 0 fully saturated rings. The molecular formula is C27H59BSeSi6. The molecule has 0 saturated carbocycles. The van der Waals surface area contributed by atoms with E-state index >= 15 is 0 Å². The predicted molar refractivity (Wildman–Crippen MR) is 186 cm³/mol. The van der Waals surface area contributed by atoms with Gasteiger partial charge in [-0.15, -0.1) is 0 Å². The van der Waals surface area contributed by atoms with E-state index in [0.717, 1.165) is 15.5 Å². The van der Waals surface area contributed by atoms with E-state index in [0.29, 0.717) is 0 Å². The molecule has 0 aliphatic carbocycles. The van der Waals surface area contributed by atoms with Crippen LogP contribution in [0.25, 0.3) is 0 Å². The quantitative estimate of drug-likeness (QED) is 0.225. The van der Waals surface area contributed by atoms with Gasteiger partial charge >= 0.3 is 237 Å². The zero-order valence-electron chi connectivity index (χ0n) is 26.9. The minimum absolute atomic E-state index is 0.765. The SMILES string of the molecule is C[Si](C)(C)C(c1cc(C([Si](C)(C)C)[Si](C)(C)C)c(B=[Se])c(C([Si](C)(C)C)[Si](C)(C)C)c1)[Si](C)(C)C. The van der Waals surface area contributed by atoms with E-state index in [1.165, 1.54) is 0 Å². The Bertz CT molecular complexity index is 808. The Labute approximate surface area is 235 Å². The number of hydrogen-bond donors (Lipinski definition) is 0. The van der Waals surface area contributed by atoms with Gasteiger partial charge < -0.3 is 0 Å². The Hall–Kier alpha value is 1.11. The molecule has 0 aromatic heterocycles. The summed E-state index contributed by atoms with van der Waals surface area (Å²) >= 11 is 3.42. The van der Waals surface area contributed by atoms with Gasteiger partial charge in [0.2, 0.25) is 0 Å². The Balaban J connectivity index is 4.43. The molecule has 1 rings (SSSR count). The summed E-state index contributed by atoms with van der Waals surface area (Å²) in [5, 5.41) is 2.32. The van der Waals surface area contributed by atoms with E-state index in [-0.39, 0.29) is 0 Å². The summed E-state index contributed by atoms with van der Waals surface area (Å²) in [6.07, 6.45) is 0. The van der Waals surface area contributed by atoms with Crippen LogP contribution in [0, 0.1) is 0 Å². The zero-order chi connectivity index (χ0) is 28.2. The molecule has 0 atom stereocenters. The van der Waals surface area contributed by atoms with Gasteiger partial charge in [0.25, 0.3) is 0 Å². The van der Waals surface area contributed by atoms with Crippen molar-refractivity contribution >= 4 is 75.0 Å². The van der Waals surface area contributed by atoms with Gasteiger partial charge in [0, 0.05) is 0 Å². The van der Waals surface area contributed by atoms with Gasteiger partial charge in [-0.05, 0) is 0 Å². The van der Waals surface area contributed by atoms with E-state index in [9.17, 15) is 0 Å². The van der Waals surface area contributed by atoms with Crippen LogP contribution in [-0.2, 0) is 0 Å². The molecule has 0 spiro atoms. The number of benzene rings is 1. The predicted octanol–water partition coefficient (Wildman–Crippen LogP) is 8.61. The maximum absolute atomic E-state index is 3.42.